The molecule has 116 valence electrons. The summed E-state index contributed by atoms with van der Waals surface area (Å²) in [6.07, 6.45) is 2.83. The second-order valence-electron chi connectivity index (χ2n) is 4.93. The molecule has 0 spiro atoms. The lowest BCUT2D eigenvalue weighted by atomic mass is 10.1. The van der Waals surface area contributed by atoms with E-state index < -0.39 is 5.97 Å². The van der Waals surface area contributed by atoms with Crippen LogP contribution in [0, 0.1) is 0 Å². The van der Waals surface area contributed by atoms with Gasteiger partial charge in [0.2, 0.25) is 0 Å². The van der Waals surface area contributed by atoms with Gasteiger partial charge in [-0.05, 0) is 12.7 Å². The molecule has 7 heteroatoms. The summed E-state index contributed by atoms with van der Waals surface area (Å²) in [6.45, 7) is 3.27. The molecule has 1 rings (SSSR count). The molecule has 2 amide bonds. The number of rotatable bonds is 6. The van der Waals surface area contributed by atoms with Crippen LogP contribution in [0.4, 0.5) is 4.79 Å². The van der Waals surface area contributed by atoms with Crippen LogP contribution < -0.4 is 0 Å². The number of carbonyl (C=O) groups excluding carboxylic acids is 1. The van der Waals surface area contributed by atoms with E-state index in [2.05, 4.69) is 6.92 Å². The molecule has 0 saturated carbocycles. The molecule has 1 aliphatic rings. The number of morpholine rings is 1. The molecule has 0 aromatic rings. The Balaban J connectivity index is 2.72. The molecule has 1 heterocycles. The lowest BCUT2D eigenvalue weighted by molar-refractivity contribution is -0.139. The topological polar surface area (TPSA) is 70.1 Å². The number of carbonyl (C=O) groups is 2. The fraction of sp³-hybridized carbons (Fsp3) is 0.846. The van der Waals surface area contributed by atoms with Crippen LogP contribution in [0.3, 0.4) is 0 Å². The quantitative estimate of drug-likeness (QED) is 0.802. The first kappa shape index (κ1) is 17.1. The summed E-state index contributed by atoms with van der Waals surface area (Å²) in [7, 11) is 1.79. The Morgan fingerprint density at radius 3 is 2.80 bits per heavy atom. The van der Waals surface area contributed by atoms with E-state index in [1.54, 1.807) is 28.6 Å². The van der Waals surface area contributed by atoms with Gasteiger partial charge < -0.3 is 19.6 Å². The summed E-state index contributed by atoms with van der Waals surface area (Å²) >= 11 is 1.71. The maximum absolute atomic E-state index is 12.6. The number of hydrogen-bond donors (Lipinski definition) is 1. The van der Waals surface area contributed by atoms with Crippen molar-refractivity contribution in [3.05, 3.63) is 0 Å². The molecular formula is C13H24N2O4S. The molecule has 6 nitrogen and oxygen atoms in total. The lowest BCUT2D eigenvalue weighted by Crippen LogP contribution is -2.55. The van der Waals surface area contributed by atoms with Gasteiger partial charge in [-0.15, -0.1) is 0 Å². The highest BCUT2D eigenvalue weighted by molar-refractivity contribution is 7.98. The zero-order valence-corrected chi connectivity index (χ0v) is 13.2. The minimum atomic E-state index is -0.905. The van der Waals surface area contributed by atoms with Crippen molar-refractivity contribution in [2.45, 2.75) is 31.8 Å². The average molecular weight is 304 g/mol. The van der Waals surface area contributed by atoms with Crippen LogP contribution in [0.25, 0.3) is 0 Å². The zero-order chi connectivity index (χ0) is 15.1. The number of urea groups is 1. The monoisotopic (exact) mass is 304 g/mol. The van der Waals surface area contributed by atoms with E-state index in [0.29, 0.717) is 19.8 Å². The van der Waals surface area contributed by atoms with E-state index in [0.717, 1.165) is 12.2 Å². The van der Waals surface area contributed by atoms with Crippen LogP contribution in [-0.2, 0) is 9.53 Å². The Hall–Kier alpha value is -0.950. The van der Waals surface area contributed by atoms with Gasteiger partial charge in [-0.2, -0.15) is 11.8 Å². The molecule has 1 aliphatic heterocycles. The molecule has 2 unspecified atom stereocenters. The molecule has 1 N–H and O–H groups in total. The zero-order valence-electron chi connectivity index (χ0n) is 12.4. The molecular weight excluding hydrogens is 280 g/mol. The minimum Gasteiger partial charge on any atom is -0.481 e. The van der Waals surface area contributed by atoms with Gasteiger partial charge in [0.05, 0.1) is 25.7 Å². The number of thioether (sulfide) groups is 1. The Morgan fingerprint density at radius 1 is 1.55 bits per heavy atom. The molecule has 1 fully saturated rings. The van der Waals surface area contributed by atoms with Crippen molar-refractivity contribution in [3.8, 4) is 0 Å². The van der Waals surface area contributed by atoms with Gasteiger partial charge in [0, 0.05) is 25.4 Å². The molecule has 0 aromatic heterocycles. The first-order valence-electron chi connectivity index (χ1n) is 6.83. The Kier molecular flexibility index (Phi) is 7.15. The summed E-state index contributed by atoms with van der Waals surface area (Å²) in [5, 5.41) is 8.93. The van der Waals surface area contributed by atoms with Crippen molar-refractivity contribution in [2.24, 2.45) is 0 Å². The van der Waals surface area contributed by atoms with Crippen LogP contribution >= 0.6 is 11.8 Å². The normalized spacial score (nSPS) is 20.6. The van der Waals surface area contributed by atoms with E-state index in [9.17, 15) is 9.59 Å². The highest BCUT2D eigenvalue weighted by Crippen LogP contribution is 2.16. The SMILES string of the molecule is CCC(CSC)N(C)C(=O)N1CCOCC1CC(=O)O. The van der Waals surface area contributed by atoms with Gasteiger partial charge in [-0.3, -0.25) is 4.79 Å². The predicted molar refractivity (Wildman–Crippen MR) is 79.2 cm³/mol. The first-order chi connectivity index (χ1) is 9.51. The van der Waals surface area contributed by atoms with Crippen molar-refractivity contribution < 1.29 is 19.4 Å². The van der Waals surface area contributed by atoms with Gasteiger partial charge in [0.15, 0.2) is 0 Å². The average Bonchev–Trinajstić information content (AvgIpc) is 2.43. The third kappa shape index (κ3) is 4.56. The maximum atomic E-state index is 12.6. The van der Waals surface area contributed by atoms with Crippen LogP contribution in [0.5, 0.6) is 0 Å². The molecule has 0 radical (unpaired) electrons. The van der Waals surface area contributed by atoms with E-state index in [1.165, 1.54) is 0 Å². The highest BCUT2D eigenvalue weighted by atomic mass is 32.2. The fourth-order valence-corrected chi connectivity index (χ4v) is 3.18. The van der Waals surface area contributed by atoms with Crippen molar-refractivity contribution in [1.82, 2.24) is 9.80 Å². The third-order valence-electron chi connectivity index (χ3n) is 3.56. The molecule has 1 saturated heterocycles. The number of aliphatic carboxylic acids is 1. The van der Waals surface area contributed by atoms with E-state index in [4.69, 9.17) is 9.84 Å². The van der Waals surface area contributed by atoms with Gasteiger partial charge in [0.1, 0.15) is 0 Å². The van der Waals surface area contributed by atoms with Crippen molar-refractivity contribution in [3.63, 3.8) is 0 Å². The molecule has 0 bridgehead atoms. The van der Waals surface area contributed by atoms with E-state index >= 15 is 0 Å². The minimum absolute atomic E-state index is 0.0705. The second-order valence-corrected chi connectivity index (χ2v) is 5.84. The summed E-state index contributed by atoms with van der Waals surface area (Å²) < 4.78 is 5.30. The molecule has 2 atom stereocenters. The number of carboxylic acid groups (broad SMARTS) is 1. The summed E-state index contributed by atoms with van der Waals surface area (Å²) in [4.78, 5) is 26.8. The number of nitrogens with zero attached hydrogens (tertiary/aromatic N) is 2. The molecule has 0 aliphatic carbocycles. The molecule has 20 heavy (non-hydrogen) atoms. The van der Waals surface area contributed by atoms with Crippen LogP contribution in [0.1, 0.15) is 19.8 Å². The predicted octanol–water partition coefficient (Wildman–Crippen LogP) is 1.36. The Labute approximate surface area is 124 Å². The summed E-state index contributed by atoms with van der Waals surface area (Å²) in [5.74, 6) is -0.0238. The Morgan fingerprint density at radius 2 is 2.25 bits per heavy atom. The van der Waals surface area contributed by atoms with Gasteiger partial charge in [-0.1, -0.05) is 6.92 Å². The second kappa shape index (κ2) is 8.36. The number of hydrogen-bond acceptors (Lipinski definition) is 4. The third-order valence-corrected chi connectivity index (χ3v) is 4.28. The molecule has 0 aromatic carbocycles. The lowest BCUT2D eigenvalue weighted by Gasteiger charge is -2.39. The summed E-state index contributed by atoms with van der Waals surface area (Å²) in [5.41, 5.74) is 0. The number of amides is 2. The van der Waals surface area contributed by atoms with Gasteiger partial charge in [-0.25, -0.2) is 4.79 Å². The fourth-order valence-electron chi connectivity index (χ4n) is 2.33. The highest BCUT2D eigenvalue weighted by Gasteiger charge is 2.32. The summed E-state index contributed by atoms with van der Waals surface area (Å²) in [6, 6.07) is -0.297. The van der Waals surface area contributed by atoms with Gasteiger partial charge >= 0.3 is 12.0 Å². The number of ether oxygens (including phenoxy) is 1. The number of carboxylic acids is 1. The maximum Gasteiger partial charge on any atom is 0.320 e. The van der Waals surface area contributed by atoms with Crippen molar-refractivity contribution in [1.29, 1.82) is 0 Å². The van der Waals surface area contributed by atoms with Crippen LogP contribution in [0.15, 0.2) is 0 Å². The largest absolute Gasteiger partial charge is 0.481 e. The van der Waals surface area contributed by atoms with Crippen LogP contribution in [-0.4, -0.2) is 77.8 Å². The first-order valence-corrected chi connectivity index (χ1v) is 8.22. The van der Waals surface area contributed by atoms with Crippen molar-refractivity contribution in [2.75, 3.05) is 38.8 Å². The van der Waals surface area contributed by atoms with Crippen LogP contribution in [0.2, 0.25) is 0 Å². The van der Waals surface area contributed by atoms with E-state index in [-0.39, 0.29) is 24.5 Å². The van der Waals surface area contributed by atoms with E-state index in [1.807, 2.05) is 6.26 Å². The standard InChI is InChI=1S/C13H24N2O4S/c1-4-10(9-20-3)14(2)13(18)15-5-6-19-8-11(15)7-12(16)17/h10-11H,4-9H2,1-3H3,(H,16,17). The van der Waals surface area contributed by atoms with Crippen molar-refractivity contribution >= 4 is 23.8 Å². The smallest absolute Gasteiger partial charge is 0.320 e. The van der Waals surface area contributed by atoms with Gasteiger partial charge in [0.25, 0.3) is 0 Å². The Bertz CT molecular complexity index is 340.